The molecule has 2 aromatic carbocycles. The van der Waals surface area contributed by atoms with Crippen molar-refractivity contribution in [1.29, 1.82) is 0 Å². The first-order valence-electron chi connectivity index (χ1n) is 9.76. The van der Waals surface area contributed by atoms with E-state index in [1.165, 1.54) is 36.0 Å². The van der Waals surface area contributed by atoms with Crippen molar-refractivity contribution in [3.8, 4) is 5.75 Å². The van der Waals surface area contributed by atoms with E-state index in [0.717, 1.165) is 24.2 Å². The van der Waals surface area contributed by atoms with Gasteiger partial charge < -0.3 is 10.1 Å². The quantitative estimate of drug-likeness (QED) is 0.770. The van der Waals surface area contributed by atoms with Crippen LogP contribution in [0.15, 0.2) is 42.5 Å². The van der Waals surface area contributed by atoms with Gasteiger partial charge in [-0.25, -0.2) is 0 Å². The largest absolute Gasteiger partial charge is 0.493 e. The number of rotatable bonds is 7. The number of benzene rings is 2. The molecule has 0 aliphatic heterocycles. The number of carbonyl (C=O) groups is 1. The third kappa shape index (κ3) is 4.87. The zero-order chi connectivity index (χ0) is 18.4. The molecule has 1 aliphatic carbocycles. The third-order valence-electron chi connectivity index (χ3n) is 5.11. The predicted octanol–water partition coefficient (Wildman–Crippen LogP) is 4.91. The second-order valence-electron chi connectivity index (χ2n) is 7.18. The molecule has 0 saturated carbocycles. The van der Waals surface area contributed by atoms with E-state index in [9.17, 15) is 4.79 Å². The van der Waals surface area contributed by atoms with E-state index in [-0.39, 0.29) is 11.9 Å². The van der Waals surface area contributed by atoms with Crippen molar-refractivity contribution in [2.75, 3.05) is 6.61 Å². The topological polar surface area (TPSA) is 38.3 Å². The highest BCUT2D eigenvalue weighted by molar-refractivity contribution is 5.76. The normalized spacial score (nSPS) is 14.4. The zero-order valence-electron chi connectivity index (χ0n) is 15.9. The van der Waals surface area contributed by atoms with Crippen LogP contribution in [-0.2, 0) is 17.6 Å². The molecular formula is C23H29NO2. The first-order chi connectivity index (χ1) is 12.7. The number of carbonyl (C=O) groups excluding carboxylic acids is 1. The van der Waals surface area contributed by atoms with Gasteiger partial charge in [0.05, 0.1) is 19.1 Å². The van der Waals surface area contributed by atoms with Gasteiger partial charge in [-0.05, 0) is 73.4 Å². The molecule has 0 radical (unpaired) electrons. The molecule has 3 heteroatoms. The van der Waals surface area contributed by atoms with Crippen LogP contribution in [0.1, 0.15) is 60.9 Å². The Balaban J connectivity index is 1.53. The van der Waals surface area contributed by atoms with Crippen LogP contribution in [0.5, 0.6) is 5.75 Å². The summed E-state index contributed by atoms with van der Waals surface area (Å²) in [5.41, 5.74) is 5.32. The molecule has 1 amide bonds. The molecule has 3 rings (SSSR count). The van der Waals surface area contributed by atoms with Gasteiger partial charge in [0.1, 0.15) is 5.75 Å². The number of hydrogen-bond acceptors (Lipinski definition) is 2. The molecule has 1 aliphatic rings. The second kappa shape index (κ2) is 8.88. The molecule has 1 N–H and O–H groups in total. The van der Waals surface area contributed by atoms with Crippen LogP contribution in [0.3, 0.4) is 0 Å². The summed E-state index contributed by atoms with van der Waals surface area (Å²) in [5.74, 6) is 0.863. The van der Waals surface area contributed by atoms with Crippen molar-refractivity contribution in [3.05, 3.63) is 64.7 Å². The summed E-state index contributed by atoms with van der Waals surface area (Å²) >= 11 is 0. The Morgan fingerprint density at radius 1 is 1.12 bits per heavy atom. The minimum absolute atomic E-state index is 0.0437. The van der Waals surface area contributed by atoms with Gasteiger partial charge in [0.25, 0.3) is 0 Å². The highest BCUT2D eigenvalue weighted by Gasteiger charge is 2.16. The van der Waals surface area contributed by atoms with E-state index in [1.807, 2.05) is 31.2 Å². The molecule has 0 bridgehead atoms. The molecule has 3 nitrogen and oxygen atoms in total. The van der Waals surface area contributed by atoms with Gasteiger partial charge in [-0.1, -0.05) is 37.3 Å². The summed E-state index contributed by atoms with van der Waals surface area (Å²) in [6.45, 7) is 4.55. The molecule has 0 fully saturated rings. The number of hydrogen-bond donors (Lipinski definition) is 1. The lowest BCUT2D eigenvalue weighted by molar-refractivity contribution is -0.122. The Labute approximate surface area is 156 Å². The Bertz CT molecular complexity index is 754. The first-order valence-corrected chi connectivity index (χ1v) is 9.76. The summed E-state index contributed by atoms with van der Waals surface area (Å²) < 4.78 is 5.69. The fraction of sp³-hybridized carbons (Fsp3) is 0.435. The maximum atomic E-state index is 12.3. The lowest BCUT2D eigenvalue weighted by atomic mass is 9.89. The van der Waals surface area contributed by atoms with E-state index in [4.69, 9.17) is 4.74 Å². The Kier molecular flexibility index (Phi) is 6.32. The fourth-order valence-electron chi connectivity index (χ4n) is 3.62. The van der Waals surface area contributed by atoms with Gasteiger partial charge in [-0.2, -0.15) is 0 Å². The first kappa shape index (κ1) is 18.5. The van der Waals surface area contributed by atoms with E-state index in [2.05, 4.69) is 30.4 Å². The number of amides is 1. The minimum atomic E-state index is 0.0437. The number of fused-ring (bicyclic) bond motifs is 1. The van der Waals surface area contributed by atoms with Gasteiger partial charge in [0, 0.05) is 0 Å². The number of aryl methyl sites for hydroxylation is 3. The number of ether oxygens (including phenoxy) is 1. The standard InChI is InChI=1S/C23H29NO2/c1-3-22(20-12-11-18-8-4-5-9-19(18)16-20)24-23(25)13-14-26-21-10-6-7-17(2)15-21/h6-7,10-12,15-16,22H,3-5,8-9,13-14H2,1-2H3,(H,24,25). The molecule has 0 saturated heterocycles. The predicted molar refractivity (Wildman–Crippen MR) is 106 cm³/mol. The molecule has 138 valence electrons. The average molecular weight is 351 g/mol. The molecule has 26 heavy (non-hydrogen) atoms. The van der Waals surface area contributed by atoms with Crippen LogP contribution < -0.4 is 10.1 Å². The van der Waals surface area contributed by atoms with Crippen LogP contribution >= 0.6 is 0 Å². The van der Waals surface area contributed by atoms with E-state index in [1.54, 1.807) is 0 Å². The van der Waals surface area contributed by atoms with Crippen molar-refractivity contribution in [1.82, 2.24) is 5.32 Å². The van der Waals surface area contributed by atoms with Crippen LogP contribution in [0.25, 0.3) is 0 Å². The van der Waals surface area contributed by atoms with Crippen LogP contribution in [0.2, 0.25) is 0 Å². The molecule has 1 atom stereocenters. The SMILES string of the molecule is CCC(NC(=O)CCOc1cccc(C)c1)c1ccc2c(c1)CCCC2. The third-order valence-corrected chi connectivity index (χ3v) is 5.11. The second-order valence-corrected chi connectivity index (χ2v) is 7.18. The summed E-state index contributed by atoms with van der Waals surface area (Å²) in [6.07, 6.45) is 6.18. The van der Waals surface area contributed by atoms with Crippen molar-refractivity contribution < 1.29 is 9.53 Å². The summed E-state index contributed by atoms with van der Waals surface area (Å²) in [5, 5.41) is 3.17. The maximum Gasteiger partial charge on any atom is 0.223 e. The molecular weight excluding hydrogens is 322 g/mol. The lowest BCUT2D eigenvalue weighted by Crippen LogP contribution is -2.29. The van der Waals surface area contributed by atoms with Gasteiger partial charge in [-0.15, -0.1) is 0 Å². The summed E-state index contributed by atoms with van der Waals surface area (Å²) in [4.78, 5) is 12.3. The van der Waals surface area contributed by atoms with Crippen LogP contribution in [0, 0.1) is 6.92 Å². The molecule has 1 unspecified atom stereocenters. The maximum absolute atomic E-state index is 12.3. The molecule has 2 aromatic rings. The van der Waals surface area contributed by atoms with E-state index >= 15 is 0 Å². The van der Waals surface area contributed by atoms with E-state index < -0.39 is 0 Å². The molecule has 0 spiro atoms. The highest BCUT2D eigenvalue weighted by atomic mass is 16.5. The average Bonchev–Trinajstić information content (AvgIpc) is 2.66. The smallest absolute Gasteiger partial charge is 0.223 e. The minimum Gasteiger partial charge on any atom is -0.493 e. The Morgan fingerprint density at radius 2 is 1.92 bits per heavy atom. The fourth-order valence-corrected chi connectivity index (χ4v) is 3.62. The monoisotopic (exact) mass is 351 g/mol. The van der Waals surface area contributed by atoms with Crippen molar-refractivity contribution in [2.45, 2.75) is 58.4 Å². The zero-order valence-corrected chi connectivity index (χ0v) is 15.9. The van der Waals surface area contributed by atoms with Crippen LogP contribution in [-0.4, -0.2) is 12.5 Å². The lowest BCUT2D eigenvalue weighted by Gasteiger charge is -2.22. The van der Waals surface area contributed by atoms with Gasteiger partial charge in [0.15, 0.2) is 0 Å². The Hall–Kier alpha value is -2.29. The summed E-state index contributed by atoms with van der Waals surface area (Å²) in [7, 11) is 0. The van der Waals surface area contributed by atoms with Crippen molar-refractivity contribution >= 4 is 5.91 Å². The van der Waals surface area contributed by atoms with Crippen molar-refractivity contribution in [2.24, 2.45) is 0 Å². The van der Waals surface area contributed by atoms with Crippen molar-refractivity contribution in [3.63, 3.8) is 0 Å². The molecule has 0 heterocycles. The van der Waals surface area contributed by atoms with Gasteiger partial charge in [-0.3, -0.25) is 4.79 Å². The van der Waals surface area contributed by atoms with Gasteiger partial charge in [0.2, 0.25) is 5.91 Å². The van der Waals surface area contributed by atoms with Gasteiger partial charge >= 0.3 is 0 Å². The summed E-state index contributed by atoms with van der Waals surface area (Å²) in [6, 6.07) is 14.7. The number of nitrogens with one attached hydrogen (secondary N) is 1. The highest BCUT2D eigenvalue weighted by Crippen LogP contribution is 2.26. The molecule has 0 aromatic heterocycles. The van der Waals surface area contributed by atoms with Crippen LogP contribution in [0.4, 0.5) is 0 Å². The van der Waals surface area contributed by atoms with E-state index in [0.29, 0.717) is 13.0 Å². The Morgan fingerprint density at radius 3 is 2.69 bits per heavy atom.